The fourth-order valence-corrected chi connectivity index (χ4v) is 4.02. The SMILES string of the molecule is CC1=CCCN(S(=O)(=O)c2cc(Cl)cc(C(=O)O)c2F)C1. The monoisotopic (exact) mass is 333 g/mol. The van der Waals surface area contributed by atoms with Gasteiger partial charge in [-0.1, -0.05) is 23.3 Å². The predicted molar refractivity (Wildman–Crippen MR) is 75.5 cm³/mol. The summed E-state index contributed by atoms with van der Waals surface area (Å²) >= 11 is 5.72. The first-order valence-corrected chi connectivity index (χ1v) is 7.93. The Morgan fingerprint density at radius 3 is 2.67 bits per heavy atom. The maximum Gasteiger partial charge on any atom is 0.338 e. The lowest BCUT2D eigenvalue weighted by Gasteiger charge is -2.25. The first-order chi connectivity index (χ1) is 9.73. The number of carbonyl (C=O) groups is 1. The molecule has 0 fully saturated rings. The predicted octanol–water partition coefficient (Wildman–Crippen LogP) is 2.52. The van der Waals surface area contributed by atoms with E-state index in [0.717, 1.165) is 22.0 Å². The molecular weight excluding hydrogens is 321 g/mol. The van der Waals surface area contributed by atoms with Gasteiger partial charge < -0.3 is 5.11 Å². The van der Waals surface area contributed by atoms with E-state index in [1.807, 2.05) is 6.08 Å². The lowest BCUT2D eigenvalue weighted by Crippen LogP contribution is -2.36. The van der Waals surface area contributed by atoms with E-state index >= 15 is 0 Å². The fourth-order valence-electron chi connectivity index (χ4n) is 2.13. The molecule has 21 heavy (non-hydrogen) atoms. The third-order valence-corrected chi connectivity index (χ3v) is 5.21. The number of halogens is 2. The van der Waals surface area contributed by atoms with Crippen molar-refractivity contribution in [2.45, 2.75) is 18.2 Å². The molecule has 0 amide bonds. The summed E-state index contributed by atoms with van der Waals surface area (Å²) in [4.78, 5) is 10.3. The van der Waals surface area contributed by atoms with E-state index in [1.54, 1.807) is 6.92 Å². The van der Waals surface area contributed by atoms with E-state index in [4.69, 9.17) is 16.7 Å². The van der Waals surface area contributed by atoms with Gasteiger partial charge in [-0.3, -0.25) is 0 Å². The smallest absolute Gasteiger partial charge is 0.338 e. The van der Waals surface area contributed by atoms with Crippen LogP contribution in [0, 0.1) is 5.82 Å². The largest absolute Gasteiger partial charge is 0.478 e. The number of benzene rings is 1. The van der Waals surface area contributed by atoms with Crippen molar-refractivity contribution < 1.29 is 22.7 Å². The van der Waals surface area contributed by atoms with E-state index in [2.05, 4.69) is 0 Å². The molecule has 1 aromatic rings. The topological polar surface area (TPSA) is 74.7 Å². The summed E-state index contributed by atoms with van der Waals surface area (Å²) in [5.74, 6) is -2.86. The maximum absolute atomic E-state index is 14.2. The van der Waals surface area contributed by atoms with Crippen molar-refractivity contribution in [1.29, 1.82) is 0 Å². The Morgan fingerprint density at radius 1 is 1.43 bits per heavy atom. The summed E-state index contributed by atoms with van der Waals surface area (Å²) in [6.45, 7) is 2.14. The fraction of sp³-hybridized carbons (Fsp3) is 0.308. The Hall–Kier alpha value is -1.44. The van der Waals surface area contributed by atoms with Gasteiger partial charge in [-0.05, 0) is 25.5 Å². The van der Waals surface area contributed by atoms with Gasteiger partial charge in [0.15, 0.2) is 5.82 Å². The van der Waals surface area contributed by atoms with Gasteiger partial charge in [-0.15, -0.1) is 0 Å². The van der Waals surface area contributed by atoms with E-state index in [9.17, 15) is 17.6 Å². The Labute approximate surface area is 126 Å². The minimum Gasteiger partial charge on any atom is -0.478 e. The standard InChI is InChI=1S/C13H13ClFNO4S/c1-8-3-2-4-16(7-8)21(19,20)11-6-9(14)5-10(12(11)15)13(17)18/h3,5-6H,2,4,7H2,1H3,(H,17,18). The van der Waals surface area contributed by atoms with Gasteiger partial charge in [0.05, 0.1) is 5.56 Å². The summed E-state index contributed by atoms with van der Waals surface area (Å²) in [5, 5.41) is 8.77. The van der Waals surface area contributed by atoms with Gasteiger partial charge in [-0.2, -0.15) is 4.31 Å². The van der Waals surface area contributed by atoms with Gasteiger partial charge in [0.25, 0.3) is 0 Å². The number of sulfonamides is 1. The van der Waals surface area contributed by atoms with Crippen molar-refractivity contribution in [2.24, 2.45) is 0 Å². The van der Waals surface area contributed by atoms with Crippen molar-refractivity contribution >= 4 is 27.6 Å². The van der Waals surface area contributed by atoms with E-state index in [-0.39, 0.29) is 18.1 Å². The number of hydrogen-bond donors (Lipinski definition) is 1. The summed E-state index contributed by atoms with van der Waals surface area (Å²) in [6, 6.07) is 1.83. The Morgan fingerprint density at radius 2 is 2.10 bits per heavy atom. The van der Waals surface area contributed by atoms with Crippen molar-refractivity contribution in [1.82, 2.24) is 4.31 Å². The van der Waals surface area contributed by atoms with Crippen LogP contribution >= 0.6 is 11.6 Å². The highest BCUT2D eigenvalue weighted by Gasteiger charge is 2.31. The van der Waals surface area contributed by atoms with Crippen molar-refractivity contribution in [3.05, 3.63) is 40.2 Å². The molecule has 0 unspecified atom stereocenters. The second-order valence-electron chi connectivity index (χ2n) is 4.75. The summed E-state index contributed by atoms with van der Waals surface area (Å²) in [5.41, 5.74) is 0.0936. The molecule has 0 atom stereocenters. The molecule has 1 heterocycles. The minimum atomic E-state index is -4.13. The molecule has 8 heteroatoms. The first-order valence-electron chi connectivity index (χ1n) is 6.11. The van der Waals surface area contributed by atoms with Crippen LogP contribution < -0.4 is 0 Å². The zero-order valence-corrected chi connectivity index (χ0v) is 12.7. The molecule has 0 aromatic heterocycles. The van der Waals surface area contributed by atoms with Crippen LogP contribution in [0.5, 0.6) is 0 Å². The molecule has 114 valence electrons. The second kappa shape index (κ2) is 5.75. The third kappa shape index (κ3) is 3.09. The van der Waals surface area contributed by atoms with Gasteiger partial charge >= 0.3 is 5.97 Å². The molecule has 1 aliphatic heterocycles. The van der Waals surface area contributed by atoms with Crippen molar-refractivity contribution in [3.8, 4) is 0 Å². The molecule has 2 rings (SSSR count). The van der Waals surface area contributed by atoms with Gasteiger partial charge in [0, 0.05) is 18.1 Å². The molecule has 0 radical (unpaired) electrons. The number of rotatable bonds is 3. The first kappa shape index (κ1) is 15.9. The average Bonchev–Trinajstić information content (AvgIpc) is 2.40. The van der Waals surface area contributed by atoms with Crippen molar-refractivity contribution in [2.75, 3.05) is 13.1 Å². The molecule has 5 nitrogen and oxygen atoms in total. The van der Waals surface area contributed by atoms with Crippen LogP contribution in [-0.4, -0.2) is 36.9 Å². The van der Waals surface area contributed by atoms with Gasteiger partial charge in [0.2, 0.25) is 10.0 Å². The molecule has 0 bridgehead atoms. The van der Waals surface area contributed by atoms with Crippen LogP contribution in [0.4, 0.5) is 4.39 Å². The number of carboxylic acids is 1. The normalized spacial score (nSPS) is 16.6. The van der Waals surface area contributed by atoms with Crippen LogP contribution in [0.3, 0.4) is 0 Å². The quantitative estimate of drug-likeness (QED) is 0.862. The number of hydrogen-bond acceptors (Lipinski definition) is 3. The molecular formula is C13H13ClFNO4S. The Kier molecular flexibility index (Phi) is 4.36. The Bertz CT molecular complexity index is 730. The Balaban J connectivity index is 2.55. The van der Waals surface area contributed by atoms with Crippen LogP contribution in [0.25, 0.3) is 0 Å². The van der Waals surface area contributed by atoms with E-state index in [1.165, 1.54) is 0 Å². The highest BCUT2D eigenvalue weighted by atomic mass is 35.5. The molecule has 0 spiro atoms. The molecule has 0 aliphatic carbocycles. The lowest BCUT2D eigenvalue weighted by molar-refractivity contribution is 0.0691. The molecule has 0 saturated carbocycles. The van der Waals surface area contributed by atoms with E-state index in [0.29, 0.717) is 6.42 Å². The van der Waals surface area contributed by atoms with Crippen LogP contribution in [0.2, 0.25) is 5.02 Å². The van der Waals surface area contributed by atoms with Gasteiger partial charge in [-0.25, -0.2) is 17.6 Å². The summed E-state index contributed by atoms with van der Waals surface area (Å²) in [6.07, 6.45) is 2.43. The van der Waals surface area contributed by atoms with E-state index < -0.39 is 32.3 Å². The maximum atomic E-state index is 14.2. The van der Waals surface area contributed by atoms with Crippen molar-refractivity contribution in [3.63, 3.8) is 0 Å². The minimum absolute atomic E-state index is 0.142. The van der Waals surface area contributed by atoms with Crippen LogP contribution in [0.1, 0.15) is 23.7 Å². The molecule has 1 aliphatic rings. The highest BCUT2D eigenvalue weighted by Crippen LogP contribution is 2.28. The molecule has 1 aromatic carbocycles. The third-order valence-electron chi connectivity index (χ3n) is 3.15. The zero-order valence-electron chi connectivity index (χ0n) is 11.1. The number of aromatic carboxylic acids is 1. The van der Waals surface area contributed by atoms with Crippen LogP contribution in [-0.2, 0) is 10.0 Å². The summed E-state index contributed by atoms with van der Waals surface area (Å²) in [7, 11) is -4.13. The van der Waals surface area contributed by atoms with Gasteiger partial charge in [0.1, 0.15) is 4.90 Å². The number of carboxylic acid groups (broad SMARTS) is 1. The van der Waals surface area contributed by atoms with Crippen LogP contribution in [0.15, 0.2) is 28.7 Å². The summed E-state index contributed by atoms with van der Waals surface area (Å²) < 4.78 is 40.3. The zero-order chi connectivity index (χ0) is 15.8. The number of nitrogens with zero attached hydrogens (tertiary/aromatic N) is 1. The molecule has 0 saturated heterocycles. The lowest BCUT2D eigenvalue weighted by atomic mass is 10.2. The second-order valence-corrected chi connectivity index (χ2v) is 7.09. The average molecular weight is 334 g/mol. The highest BCUT2D eigenvalue weighted by molar-refractivity contribution is 7.89. The molecule has 1 N–H and O–H groups in total.